The van der Waals surface area contributed by atoms with Crippen molar-refractivity contribution < 1.29 is 0 Å². The zero-order valence-electron chi connectivity index (χ0n) is 16.8. The second-order valence-electron chi connectivity index (χ2n) is 7.59. The van der Waals surface area contributed by atoms with Crippen LogP contribution in [0.1, 0.15) is 11.4 Å². The first-order valence-electron chi connectivity index (χ1n) is 10.0. The Kier molecular flexibility index (Phi) is 3.73. The van der Waals surface area contributed by atoms with E-state index in [1.165, 1.54) is 11.9 Å². The van der Waals surface area contributed by atoms with Gasteiger partial charge in [-0.25, -0.2) is 19.5 Å². The van der Waals surface area contributed by atoms with E-state index in [2.05, 4.69) is 53.4 Å². The SMILES string of the molecule is Cc1cc(-c2ccccc2)nc2cc(-c3nc(C4=CC=C4)n4ncnc(N)c34)ccc12. The predicted molar refractivity (Wildman–Crippen MR) is 123 cm³/mol. The lowest BCUT2D eigenvalue weighted by atomic mass is 10.0. The molecule has 5 aromatic rings. The number of nitrogens with two attached hydrogens (primary N) is 1. The van der Waals surface area contributed by atoms with Gasteiger partial charge in [0, 0.05) is 22.1 Å². The van der Waals surface area contributed by atoms with Gasteiger partial charge < -0.3 is 5.73 Å². The summed E-state index contributed by atoms with van der Waals surface area (Å²) in [5.74, 6) is 1.15. The summed E-state index contributed by atoms with van der Waals surface area (Å²) < 4.78 is 1.76. The van der Waals surface area contributed by atoms with Crippen molar-refractivity contribution >= 4 is 27.8 Å². The minimum absolute atomic E-state index is 0.398. The molecule has 2 N–H and O–H groups in total. The maximum Gasteiger partial charge on any atom is 0.162 e. The van der Waals surface area contributed by atoms with Crippen molar-refractivity contribution in [2.75, 3.05) is 5.73 Å². The molecular weight excluding hydrogens is 384 g/mol. The molecule has 0 atom stereocenters. The summed E-state index contributed by atoms with van der Waals surface area (Å²) in [7, 11) is 0. The standard InChI is InChI=1S/C25H18N6/c1-15-12-20(16-6-3-2-4-7-16)29-21-13-18(10-11-19(15)21)22-23-24(26)27-14-28-31(23)25(30-22)17-8-5-9-17/h2-14H,1H3,(H2,26,27,28). The van der Waals surface area contributed by atoms with Crippen LogP contribution < -0.4 is 5.73 Å². The third kappa shape index (κ3) is 2.73. The van der Waals surface area contributed by atoms with Crippen LogP contribution in [-0.2, 0) is 0 Å². The second-order valence-corrected chi connectivity index (χ2v) is 7.59. The van der Waals surface area contributed by atoms with Gasteiger partial charge in [-0.3, -0.25) is 0 Å². The number of nitrogens with zero attached hydrogens (tertiary/aromatic N) is 5. The van der Waals surface area contributed by atoms with E-state index in [0.717, 1.165) is 44.8 Å². The van der Waals surface area contributed by atoms with Gasteiger partial charge in [-0.1, -0.05) is 60.7 Å². The van der Waals surface area contributed by atoms with Gasteiger partial charge in [-0.15, -0.1) is 0 Å². The molecule has 0 spiro atoms. The zero-order valence-corrected chi connectivity index (χ0v) is 16.8. The molecule has 0 fully saturated rings. The van der Waals surface area contributed by atoms with Crippen LogP contribution in [0.5, 0.6) is 0 Å². The molecule has 6 rings (SSSR count). The van der Waals surface area contributed by atoms with E-state index in [-0.39, 0.29) is 0 Å². The largest absolute Gasteiger partial charge is 0.382 e. The van der Waals surface area contributed by atoms with E-state index in [4.69, 9.17) is 15.7 Å². The lowest BCUT2D eigenvalue weighted by Gasteiger charge is -2.08. The number of allylic oxidation sites excluding steroid dienone is 4. The average molecular weight is 402 g/mol. The average Bonchev–Trinajstić information content (AvgIpc) is 3.13. The first kappa shape index (κ1) is 17.5. The molecule has 3 aromatic heterocycles. The van der Waals surface area contributed by atoms with Crippen molar-refractivity contribution in [2.45, 2.75) is 6.92 Å². The van der Waals surface area contributed by atoms with Crippen LogP contribution in [0.2, 0.25) is 0 Å². The van der Waals surface area contributed by atoms with E-state index in [9.17, 15) is 0 Å². The summed E-state index contributed by atoms with van der Waals surface area (Å²) >= 11 is 0. The Hall–Kier alpha value is -4.32. The Bertz CT molecular complexity index is 1540. The summed E-state index contributed by atoms with van der Waals surface area (Å²) in [5, 5.41) is 5.51. The Morgan fingerprint density at radius 3 is 2.55 bits per heavy atom. The van der Waals surface area contributed by atoms with E-state index < -0.39 is 0 Å². The molecular formula is C25H18N6. The van der Waals surface area contributed by atoms with Gasteiger partial charge in [0.25, 0.3) is 0 Å². The lowest BCUT2D eigenvalue weighted by Crippen LogP contribution is -2.02. The van der Waals surface area contributed by atoms with Crippen LogP contribution in [-0.4, -0.2) is 24.6 Å². The fourth-order valence-corrected chi connectivity index (χ4v) is 3.99. The topological polar surface area (TPSA) is 82.0 Å². The summed E-state index contributed by atoms with van der Waals surface area (Å²) in [6.45, 7) is 2.11. The maximum atomic E-state index is 6.24. The number of nitrogen functional groups attached to an aromatic ring is 1. The van der Waals surface area contributed by atoms with Crippen molar-refractivity contribution in [3.05, 3.63) is 90.5 Å². The number of anilines is 1. The van der Waals surface area contributed by atoms with Crippen molar-refractivity contribution in [1.29, 1.82) is 0 Å². The molecule has 0 aliphatic heterocycles. The number of aromatic nitrogens is 5. The molecule has 6 nitrogen and oxygen atoms in total. The van der Waals surface area contributed by atoms with Crippen LogP contribution in [0.15, 0.2) is 79.2 Å². The minimum atomic E-state index is 0.398. The van der Waals surface area contributed by atoms with Gasteiger partial charge in [-0.05, 0) is 24.6 Å². The monoisotopic (exact) mass is 402 g/mol. The molecule has 6 heteroatoms. The van der Waals surface area contributed by atoms with Gasteiger partial charge in [0.15, 0.2) is 11.6 Å². The number of imidazole rings is 1. The number of hydrogen-bond donors (Lipinski definition) is 1. The number of aryl methyl sites for hydroxylation is 1. The summed E-state index contributed by atoms with van der Waals surface area (Å²) in [6, 6.07) is 18.6. The molecule has 1 aliphatic rings. The molecule has 1 aliphatic carbocycles. The molecule has 0 unspecified atom stereocenters. The third-order valence-electron chi connectivity index (χ3n) is 5.63. The summed E-state index contributed by atoms with van der Waals surface area (Å²) in [5.41, 5.74) is 13.8. The Labute approximate surface area is 178 Å². The molecule has 0 radical (unpaired) electrons. The predicted octanol–water partition coefficient (Wildman–Crippen LogP) is 4.85. The Morgan fingerprint density at radius 2 is 1.77 bits per heavy atom. The van der Waals surface area contributed by atoms with Crippen LogP contribution in [0.4, 0.5) is 5.82 Å². The zero-order chi connectivity index (χ0) is 20.9. The van der Waals surface area contributed by atoms with Crippen LogP contribution >= 0.6 is 0 Å². The number of fused-ring (bicyclic) bond motifs is 2. The Balaban J connectivity index is 1.58. The normalized spacial score (nSPS) is 12.9. The van der Waals surface area contributed by atoms with Gasteiger partial charge in [0.1, 0.15) is 17.5 Å². The van der Waals surface area contributed by atoms with Crippen molar-refractivity contribution in [2.24, 2.45) is 0 Å². The van der Waals surface area contributed by atoms with Crippen molar-refractivity contribution in [3.63, 3.8) is 0 Å². The highest BCUT2D eigenvalue weighted by Crippen LogP contribution is 2.34. The van der Waals surface area contributed by atoms with Crippen LogP contribution in [0.25, 0.3) is 44.5 Å². The van der Waals surface area contributed by atoms with Gasteiger partial charge in [0.2, 0.25) is 0 Å². The van der Waals surface area contributed by atoms with E-state index in [1.807, 2.05) is 36.4 Å². The third-order valence-corrected chi connectivity index (χ3v) is 5.63. The fourth-order valence-electron chi connectivity index (χ4n) is 3.99. The Morgan fingerprint density at radius 1 is 0.935 bits per heavy atom. The highest BCUT2D eigenvalue weighted by molar-refractivity contribution is 5.94. The van der Waals surface area contributed by atoms with Crippen LogP contribution in [0, 0.1) is 6.92 Å². The van der Waals surface area contributed by atoms with E-state index in [0.29, 0.717) is 11.3 Å². The molecule has 0 saturated heterocycles. The number of rotatable bonds is 3. The summed E-state index contributed by atoms with van der Waals surface area (Å²) in [4.78, 5) is 14.0. The quantitative estimate of drug-likeness (QED) is 0.466. The van der Waals surface area contributed by atoms with E-state index in [1.54, 1.807) is 4.52 Å². The molecule has 31 heavy (non-hydrogen) atoms. The minimum Gasteiger partial charge on any atom is -0.382 e. The lowest BCUT2D eigenvalue weighted by molar-refractivity contribution is 0.880. The summed E-state index contributed by atoms with van der Waals surface area (Å²) in [6.07, 6.45) is 7.45. The number of pyridine rings is 1. The van der Waals surface area contributed by atoms with Gasteiger partial charge >= 0.3 is 0 Å². The molecule has 2 aromatic carbocycles. The first-order chi connectivity index (χ1) is 15.2. The first-order valence-corrected chi connectivity index (χ1v) is 10.0. The highest BCUT2D eigenvalue weighted by atomic mass is 15.3. The molecule has 148 valence electrons. The number of hydrogen-bond acceptors (Lipinski definition) is 5. The van der Waals surface area contributed by atoms with Crippen molar-refractivity contribution in [3.8, 4) is 22.5 Å². The fraction of sp³-hybridized carbons (Fsp3) is 0.0400. The molecule has 3 heterocycles. The maximum absolute atomic E-state index is 6.24. The van der Waals surface area contributed by atoms with Gasteiger partial charge in [0.05, 0.1) is 11.2 Å². The second kappa shape index (κ2) is 6.60. The molecule has 0 saturated carbocycles. The van der Waals surface area contributed by atoms with E-state index >= 15 is 0 Å². The van der Waals surface area contributed by atoms with Gasteiger partial charge in [-0.2, -0.15) is 5.10 Å². The highest BCUT2D eigenvalue weighted by Gasteiger charge is 2.20. The molecule has 0 bridgehead atoms. The van der Waals surface area contributed by atoms with Crippen molar-refractivity contribution in [1.82, 2.24) is 24.6 Å². The molecule has 0 amide bonds. The number of benzene rings is 2. The van der Waals surface area contributed by atoms with Crippen LogP contribution in [0.3, 0.4) is 0 Å². The smallest absolute Gasteiger partial charge is 0.162 e.